The SMILES string of the molecule is OC1CCCC1NS. The molecule has 0 saturated heterocycles. The monoisotopic (exact) mass is 133 g/mol. The van der Waals surface area contributed by atoms with Gasteiger partial charge in [0, 0.05) is 6.04 Å². The van der Waals surface area contributed by atoms with E-state index < -0.39 is 0 Å². The Bertz CT molecular complexity index is 78.8. The van der Waals surface area contributed by atoms with E-state index in [0.29, 0.717) is 0 Å². The Balaban J connectivity index is 2.30. The van der Waals surface area contributed by atoms with Crippen LogP contribution in [0.3, 0.4) is 0 Å². The van der Waals surface area contributed by atoms with Crippen LogP contribution in [0.2, 0.25) is 0 Å². The number of aliphatic hydroxyl groups excluding tert-OH is 1. The second-order valence-corrected chi connectivity index (χ2v) is 2.49. The van der Waals surface area contributed by atoms with E-state index in [2.05, 4.69) is 17.5 Å². The lowest BCUT2D eigenvalue weighted by Crippen LogP contribution is -2.28. The summed E-state index contributed by atoms with van der Waals surface area (Å²) in [5.41, 5.74) is 0. The molecule has 0 heterocycles. The third-order valence-electron chi connectivity index (χ3n) is 1.65. The van der Waals surface area contributed by atoms with Gasteiger partial charge in [0.1, 0.15) is 0 Å². The van der Waals surface area contributed by atoms with Gasteiger partial charge in [0.05, 0.1) is 6.10 Å². The molecule has 1 fully saturated rings. The van der Waals surface area contributed by atoms with Gasteiger partial charge in [-0.05, 0) is 19.3 Å². The van der Waals surface area contributed by atoms with Crippen molar-refractivity contribution in [2.24, 2.45) is 0 Å². The van der Waals surface area contributed by atoms with Crippen LogP contribution in [0.1, 0.15) is 19.3 Å². The third kappa shape index (κ3) is 1.16. The van der Waals surface area contributed by atoms with E-state index in [-0.39, 0.29) is 12.1 Å². The van der Waals surface area contributed by atoms with Crippen molar-refractivity contribution in [3.63, 3.8) is 0 Å². The first-order valence-electron chi connectivity index (χ1n) is 2.92. The molecule has 0 radical (unpaired) electrons. The molecule has 3 heteroatoms. The second-order valence-electron chi connectivity index (χ2n) is 2.23. The van der Waals surface area contributed by atoms with Crippen LogP contribution in [0.4, 0.5) is 0 Å². The summed E-state index contributed by atoms with van der Waals surface area (Å²) in [4.78, 5) is 0. The van der Waals surface area contributed by atoms with Crippen LogP contribution in [0.15, 0.2) is 0 Å². The lowest BCUT2D eigenvalue weighted by Gasteiger charge is -2.10. The van der Waals surface area contributed by atoms with E-state index in [1.165, 1.54) is 0 Å². The Hall–Kier alpha value is 0.270. The molecule has 2 N–H and O–H groups in total. The molecule has 1 rings (SSSR count). The molecular formula is C5H11NOS. The molecule has 0 aliphatic heterocycles. The smallest absolute Gasteiger partial charge is 0.0702 e. The van der Waals surface area contributed by atoms with Crippen LogP contribution in [0.25, 0.3) is 0 Å². The highest BCUT2D eigenvalue weighted by Crippen LogP contribution is 2.18. The zero-order chi connectivity index (χ0) is 5.98. The molecule has 0 aromatic heterocycles. The summed E-state index contributed by atoms with van der Waals surface area (Å²) < 4.78 is 2.76. The highest BCUT2D eigenvalue weighted by Gasteiger charge is 2.23. The number of rotatable bonds is 1. The maximum Gasteiger partial charge on any atom is 0.0702 e. The van der Waals surface area contributed by atoms with Gasteiger partial charge < -0.3 is 5.11 Å². The van der Waals surface area contributed by atoms with Crippen molar-refractivity contribution in [2.45, 2.75) is 31.4 Å². The number of hydrogen-bond donors (Lipinski definition) is 3. The van der Waals surface area contributed by atoms with Crippen molar-refractivity contribution in [2.75, 3.05) is 0 Å². The predicted molar refractivity (Wildman–Crippen MR) is 35.8 cm³/mol. The first-order valence-corrected chi connectivity index (χ1v) is 3.37. The van der Waals surface area contributed by atoms with Gasteiger partial charge in [-0.15, -0.1) is 0 Å². The van der Waals surface area contributed by atoms with Crippen molar-refractivity contribution in [1.82, 2.24) is 4.72 Å². The van der Waals surface area contributed by atoms with Gasteiger partial charge in [-0.25, -0.2) is 0 Å². The number of hydrogen-bond acceptors (Lipinski definition) is 3. The quantitative estimate of drug-likeness (QED) is 0.450. The summed E-state index contributed by atoms with van der Waals surface area (Å²) in [7, 11) is 0. The van der Waals surface area contributed by atoms with E-state index in [1.54, 1.807) is 0 Å². The van der Waals surface area contributed by atoms with Gasteiger partial charge in [-0.2, -0.15) is 0 Å². The molecule has 0 aromatic rings. The summed E-state index contributed by atoms with van der Waals surface area (Å²) in [6, 6.07) is 0.235. The van der Waals surface area contributed by atoms with Gasteiger partial charge in [0.15, 0.2) is 0 Å². The molecule has 0 bridgehead atoms. The van der Waals surface area contributed by atoms with E-state index in [9.17, 15) is 0 Å². The van der Waals surface area contributed by atoms with E-state index >= 15 is 0 Å². The van der Waals surface area contributed by atoms with E-state index in [0.717, 1.165) is 19.3 Å². The van der Waals surface area contributed by atoms with Crippen molar-refractivity contribution in [3.8, 4) is 0 Å². The molecule has 0 amide bonds. The normalized spacial score (nSPS) is 38.2. The van der Waals surface area contributed by atoms with E-state index in [4.69, 9.17) is 5.11 Å². The lowest BCUT2D eigenvalue weighted by atomic mass is 10.2. The Morgan fingerprint density at radius 3 is 2.50 bits per heavy atom. The van der Waals surface area contributed by atoms with Crippen LogP contribution in [0, 0.1) is 0 Å². The van der Waals surface area contributed by atoms with E-state index in [1.807, 2.05) is 0 Å². The minimum Gasteiger partial charge on any atom is -0.391 e. The Labute approximate surface area is 54.8 Å². The standard InChI is InChI=1S/C5H11NOS/c7-5-3-1-2-4(5)6-8/h4-8H,1-3H2. The first-order chi connectivity index (χ1) is 3.84. The predicted octanol–water partition coefficient (Wildman–Crippen LogP) is 0.334. The molecule has 1 aliphatic carbocycles. The van der Waals surface area contributed by atoms with Crippen molar-refractivity contribution in [1.29, 1.82) is 0 Å². The highest BCUT2D eigenvalue weighted by atomic mass is 32.1. The molecule has 2 unspecified atom stereocenters. The maximum absolute atomic E-state index is 9.08. The highest BCUT2D eigenvalue weighted by molar-refractivity contribution is 7.78. The Morgan fingerprint density at radius 1 is 1.50 bits per heavy atom. The van der Waals surface area contributed by atoms with Gasteiger partial charge in [0.2, 0.25) is 0 Å². The zero-order valence-electron chi connectivity index (χ0n) is 4.67. The Kier molecular flexibility index (Phi) is 2.16. The van der Waals surface area contributed by atoms with Crippen molar-refractivity contribution >= 4 is 12.8 Å². The van der Waals surface area contributed by atoms with Crippen LogP contribution >= 0.6 is 12.8 Å². The molecule has 0 spiro atoms. The first kappa shape index (κ1) is 6.39. The summed E-state index contributed by atoms with van der Waals surface area (Å²) in [6.45, 7) is 0. The molecule has 2 atom stereocenters. The molecule has 0 aromatic carbocycles. The van der Waals surface area contributed by atoms with Gasteiger partial charge in [-0.3, -0.25) is 4.72 Å². The summed E-state index contributed by atoms with van der Waals surface area (Å²) in [5.74, 6) is 0. The maximum atomic E-state index is 9.08. The lowest BCUT2D eigenvalue weighted by molar-refractivity contribution is 0.160. The number of aliphatic hydroxyl groups is 1. The largest absolute Gasteiger partial charge is 0.391 e. The molecular weight excluding hydrogens is 122 g/mol. The summed E-state index contributed by atoms with van der Waals surface area (Å²) >= 11 is 3.87. The fourth-order valence-corrected chi connectivity index (χ4v) is 1.39. The number of nitrogens with one attached hydrogen (secondary N) is 1. The minimum atomic E-state index is -0.160. The topological polar surface area (TPSA) is 32.3 Å². The summed E-state index contributed by atoms with van der Waals surface area (Å²) in [6.07, 6.45) is 2.95. The van der Waals surface area contributed by atoms with Gasteiger partial charge >= 0.3 is 0 Å². The minimum absolute atomic E-state index is 0.160. The molecule has 2 nitrogen and oxygen atoms in total. The third-order valence-corrected chi connectivity index (χ3v) is 1.98. The Morgan fingerprint density at radius 2 is 2.25 bits per heavy atom. The van der Waals surface area contributed by atoms with Gasteiger partial charge in [-0.1, -0.05) is 12.8 Å². The van der Waals surface area contributed by atoms with Crippen LogP contribution in [-0.4, -0.2) is 17.3 Å². The molecule has 8 heavy (non-hydrogen) atoms. The van der Waals surface area contributed by atoms with Crippen LogP contribution < -0.4 is 4.72 Å². The van der Waals surface area contributed by atoms with Crippen molar-refractivity contribution in [3.05, 3.63) is 0 Å². The fraction of sp³-hybridized carbons (Fsp3) is 1.00. The average Bonchev–Trinajstić information content (AvgIpc) is 2.14. The van der Waals surface area contributed by atoms with Crippen LogP contribution in [0.5, 0.6) is 0 Å². The average molecular weight is 133 g/mol. The molecule has 1 saturated carbocycles. The van der Waals surface area contributed by atoms with Crippen molar-refractivity contribution < 1.29 is 5.11 Å². The molecule has 48 valence electrons. The summed E-state index contributed by atoms with van der Waals surface area (Å²) in [5, 5.41) is 9.08. The fourth-order valence-electron chi connectivity index (χ4n) is 1.09. The van der Waals surface area contributed by atoms with Gasteiger partial charge in [0.25, 0.3) is 0 Å². The number of thiol groups is 1. The second kappa shape index (κ2) is 2.71. The molecule has 1 aliphatic rings. The zero-order valence-corrected chi connectivity index (χ0v) is 5.56. The van der Waals surface area contributed by atoms with Crippen LogP contribution in [-0.2, 0) is 0 Å².